The predicted molar refractivity (Wildman–Crippen MR) is 94.7 cm³/mol. The number of oxazole rings is 1. The van der Waals surface area contributed by atoms with Crippen LogP contribution in [0.15, 0.2) is 56.4 Å². The summed E-state index contributed by atoms with van der Waals surface area (Å²) < 4.78 is 12.2. The van der Waals surface area contributed by atoms with Gasteiger partial charge in [0.15, 0.2) is 5.58 Å². The highest BCUT2D eigenvalue weighted by atomic mass is 32.2. The van der Waals surface area contributed by atoms with E-state index in [0.29, 0.717) is 5.22 Å². The number of aromatic nitrogens is 2. The van der Waals surface area contributed by atoms with Crippen molar-refractivity contribution >= 4 is 57.9 Å². The van der Waals surface area contributed by atoms with Crippen LogP contribution >= 0.6 is 36.6 Å². The highest BCUT2D eigenvalue weighted by Crippen LogP contribution is 2.23. The first-order valence-electron chi connectivity index (χ1n) is 6.34. The Hall–Kier alpha value is -1.70. The molecule has 4 aromatic rings. The van der Waals surface area contributed by atoms with Gasteiger partial charge in [0.1, 0.15) is 15.6 Å². The average Bonchev–Trinajstić information content (AvgIpc) is 3.07. The summed E-state index contributed by atoms with van der Waals surface area (Å²) in [4.78, 5) is 8.24. The fourth-order valence-corrected chi connectivity index (χ4v) is 3.20. The SMILES string of the molecule is COc1ccc2oc(S)nc2c1.Sc1nc2ccccc2s1. The third-order valence-corrected chi connectivity index (χ3v) is 4.27. The van der Waals surface area contributed by atoms with Crippen molar-refractivity contribution in [3.05, 3.63) is 42.5 Å². The number of methoxy groups -OCH3 is 1. The first-order chi connectivity index (χ1) is 10.7. The minimum atomic E-state index is 0.373. The molecule has 0 N–H and O–H groups in total. The van der Waals surface area contributed by atoms with Gasteiger partial charge < -0.3 is 9.15 Å². The maximum Gasteiger partial charge on any atom is 0.253 e. The molecule has 0 fully saturated rings. The topological polar surface area (TPSA) is 48.2 Å². The van der Waals surface area contributed by atoms with Gasteiger partial charge in [0.05, 0.1) is 17.3 Å². The Labute approximate surface area is 142 Å². The predicted octanol–water partition coefficient (Wildman–Crippen LogP) is 4.71. The number of fused-ring (bicyclic) bond motifs is 2. The summed E-state index contributed by atoms with van der Waals surface area (Å²) in [5.74, 6) is 0.768. The highest BCUT2D eigenvalue weighted by Gasteiger charge is 2.02. The van der Waals surface area contributed by atoms with E-state index in [2.05, 4.69) is 35.2 Å². The molecule has 112 valence electrons. The third kappa shape index (κ3) is 3.37. The highest BCUT2D eigenvalue weighted by molar-refractivity contribution is 7.83. The van der Waals surface area contributed by atoms with Gasteiger partial charge in [0.25, 0.3) is 5.22 Å². The zero-order valence-corrected chi connectivity index (χ0v) is 14.2. The van der Waals surface area contributed by atoms with E-state index in [1.807, 2.05) is 30.3 Å². The van der Waals surface area contributed by atoms with Crippen LogP contribution in [-0.2, 0) is 0 Å². The van der Waals surface area contributed by atoms with E-state index in [0.717, 1.165) is 26.7 Å². The van der Waals surface area contributed by atoms with Gasteiger partial charge in [-0.05, 0) is 24.3 Å². The van der Waals surface area contributed by atoms with Crippen LogP contribution in [0.2, 0.25) is 0 Å². The van der Waals surface area contributed by atoms with Crippen LogP contribution in [0.4, 0.5) is 0 Å². The maximum atomic E-state index is 5.16. The number of hydrogen-bond acceptors (Lipinski definition) is 7. The molecule has 0 atom stereocenters. The van der Waals surface area contributed by atoms with Crippen molar-refractivity contribution in [2.75, 3.05) is 7.11 Å². The lowest BCUT2D eigenvalue weighted by molar-refractivity contribution is 0.415. The van der Waals surface area contributed by atoms with E-state index in [1.54, 1.807) is 30.6 Å². The minimum Gasteiger partial charge on any atom is -0.497 e. The molecule has 0 spiro atoms. The third-order valence-electron chi connectivity index (χ3n) is 2.87. The number of hydrogen-bond donors (Lipinski definition) is 2. The first kappa shape index (κ1) is 15.2. The molecule has 0 aliphatic heterocycles. The molecule has 22 heavy (non-hydrogen) atoms. The van der Waals surface area contributed by atoms with Crippen molar-refractivity contribution in [1.29, 1.82) is 0 Å². The molecule has 2 heterocycles. The van der Waals surface area contributed by atoms with Gasteiger partial charge in [-0.3, -0.25) is 0 Å². The van der Waals surface area contributed by atoms with Crippen LogP contribution in [-0.4, -0.2) is 17.1 Å². The second kappa shape index (κ2) is 6.60. The molecular weight excluding hydrogens is 336 g/mol. The fraction of sp³-hybridized carbons (Fsp3) is 0.0667. The van der Waals surface area contributed by atoms with Gasteiger partial charge in [0.2, 0.25) is 0 Å². The van der Waals surface area contributed by atoms with Crippen LogP contribution in [0, 0.1) is 0 Å². The molecule has 0 radical (unpaired) electrons. The number of benzene rings is 2. The van der Waals surface area contributed by atoms with Crippen LogP contribution in [0.1, 0.15) is 0 Å². The van der Waals surface area contributed by atoms with E-state index in [-0.39, 0.29) is 0 Å². The minimum absolute atomic E-state index is 0.373. The lowest BCUT2D eigenvalue weighted by atomic mass is 10.3. The Morgan fingerprint density at radius 1 is 1.05 bits per heavy atom. The van der Waals surface area contributed by atoms with Crippen LogP contribution in [0.25, 0.3) is 21.3 Å². The monoisotopic (exact) mass is 348 g/mol. The van der Waals surface area contributed by atoms with Gasteiger partial charge >= 0.3 is 0 Å². The van der Waals surface area contributed by atoms with Crippen molar-refractivity contribution in [3.63, 3.8) is 0 Å². The van der Waals surface area contributed by atoms with Crippen molar-refractivity contribution in [2.45, 2.75) is 9.56 Å². The largest absolute Gasteiger partial charge is 0.497 e. The molecular formula is C15H12N2O2S3. The van der Waals surface area contributed by atoms with E-state index in [4.69, 9.17) is 9.15 Å². The number of ether oxygens (including phenoxy) is 1. The van der Waals surface area contributed by atoms with Gasteiger partial charge in [0, 0.05) is 6.07 Å². The Morgan fingerprint density at radius 3 is 2.64 bits per heavy atom. The summed E-state index contributed by atoms with van der Waals surface area (Å²) in [6.45, 7) is 0. The zero-order chi connectivity index (χ0) is 15.5. The number of thiol groups is 2. The van der Waals surface area contributed by atoms with Gasteiger partial charge in [-0.15, -0.1) is 24.0 Å². The lowest BCUT2D eigenvalue weighted by Gasteiger charge is -1.95. The van der Waals surface area contributed by atoms with Gasteiger partial charge in [-0.25, -0.2) is 9.97 Å². The summed E-state index contributed by atoms with van der Waals surface area (Å²) in [5, 5.41) is 0.373. The lowest BCUT2D eigenvalue weighted by Crippen LogP contribution is -1.80. The smallest absolute Gasteiger partial charge is 0.253 e. The second-order valence-electron chi connectivity index (χ2n) is 4.29. The summed E-state index contributed by atoms with van der Waals surface area (Å²) >= 11 is 9.74. The Balaban J connectivity index is 0.000000133. The molecule has 0 saturated heterocycles. The first-order valence-corrected chi connectivity index (χ1v) is 8.05. The van der Waals surface area contributed by atoms with E-state index in [9.17, 15) is 0 Å². The fourth-order valence-electron chi connectivity index (χ4n) is 1.88. The Kier molecular flexibility index (Phi) is 4.56. The van der Waals surface area contributed by atoms with E-state index in [1.165, 1.54) is 4.70 Å². The Bertz CT molecular complexity index is 884. The van der Waals surface area contributed by atoms with Crippen molar-refractivity contribution < 1.29 is 9.15 Å². The van der Waals surface area contributed by atoms with Gasteiger partial charge in [-0.2, -0.15) is 0 Å². The number of para-hydroxylation sites is 1. The second-order valence-corrected chi connectivity index (χ2v) is 6.43. The van der Waals surface area contributed by atoms with Crippen molar-refractivity contribution in [1.82, 2.24) is 9.97 Å². The van der Waals surface area contributed by atoms with E-state index >= 15 is 0 Å². The molecule has 4 nitrogen and oxygen atoms in total. The maximum absolute atomic E-state index is 5.16. The van der Waals surface area contributed by atoms with Crippen LogP contribution in [0.5, 0.6) is 5.75 Å². The summed E-state index contributed by atoms with van der Waals surface area (Å²) in [7, 11) is 1.61. The standard InChI is InChI=1S/C8H7NO2S.C7H5NS2/c1-10-5-2-3-7-6(4-5)9-8(12)11-7;9-7-8-5-3-1-2-4-6(5)10-7/h2-4H,1H3,(H,9,12);1-4H,(H,8,9). The zero-order valence-electron chi connectivity index (χ0n) is 11.6. The molecule has 4 rings (SSSR count). The molecule has 0 amide bonds. The molecule has 0 bridgehead atoms. The molecule has 2 aromatic heterocycles. The Morgan fingerprint density at radius 2 is 1.86 bits per heavy atom. The molecule has 0 unspecified atom stereocenters. The molecule has 2 aromatic carbocycles. The van der Waals surface area contributed by atoms with Gasteiger partial charge in [-0.1, -0.05) is 24.8 Å². The van der Waals surface area contributed by atoms with Crippen LogP contribution < -0.4 is 4.74 Å². The molecule has 0 aliphatic carbocycles. The van der Waals surface area contributed by atoms with Crippen LogP contribution in [0.3, 0.4) is 0 Å². The van der Waals surface area contributed by atoms with E-state index < -0.39 is 0 Å². The summed E-state index contributed by atoms with van der Waals surface area (Å²) in [6.07, 6.45) is 0. The molecule has 0 aliphatic rings. The number of rotatable bonds is 1. The van der Waals surface area contributed by atoms with Crippen molar-refractivity contribution in [2.24, 2.45) is 0 Å². The number of thiazole rings is 1. The summed E-state index contributed by atoms with van der Waals surface area (Å²) in [6, 6.07) is 13.5. The molecule has 7 heteroatoms. The summed E-state index contributed by atoms with van der Waals surface area (Å²) in [5.41, 5.74) is 2.53. The van der Waals surface area contributed by atoms with Crippen molar-refractivity contribution in [3.8, 4) is 5.75 Å². The average molecular weight is 348 g/mol. The molecule has 0 saturated carbocycles. The quantitative estimate of drug-likeness (QED) is 0.489. The number of nitrogens with zero attached hydrogens (tertiary/aromatic N) is 2. The normalized spacial score (nSPS) is 10.5.